The largest absolute Gasteiger partial charge is 0.383 e. The van der Waals surface area contributed by atoms with E-state index in [-0.39, 0.29) is 11.8 Å². The van der Waals surface area contributed by atoms with Crippen LogP contribution < -0.4 is 10.6 Å². The van der Waals surface area contributed by atoms with Crippen molar-refractivity contribution in [2.45, 2.75) is 6.42 Å². The third-order valence-electron chi connectivity index (χ3n) is 2.70. The third-order valence-corrected chi connectivity index (χ3v) is 2.70. The van der Waals surface area contributed by atoms with Crippen LogP contribution in [0.3, 0.4) is 0 Å². The van der Waals surface area contributed by atoms with E-state index < -0.39 is 0 Å². The van der Waals surface area contributed by atoms with E-state index in [1.54, 1.807) is 33.3 Å². The molecule has 0 aromatic carbocycles. The highest BCUT2D eigenvalue weighted by molar-refractivity contribution is 5.93. The van der Waals surface area contributed by atoms with Gasteiger partial charge >= 0.3 is 0 Å². The van der Waals surface area contributed by atoms with Gasteiger partial charge in [0.2, 0.25) is 5.91 Å². The summed E-state index contributed by atoms with van der Waals surface area (Å²) in [5, 5.41) is 5.77. The molecular formula is C14H22N4O3. The van der Waals surface area contributed by atoms with Gasteiger partial charge in [-0.15, -0.1) is 0 Å². The number of hydrogen-bond donors (Lipinski definition) is 2. The Kier molecular flexibility index (Phi) is 7.17. The number of carbonyl (C=O) groups excluding carboxylic acids is 2. The molecule has 1 heterocycles. The van der Waals surface area contributed by atoms with Gasteiger partial charge < -0.3 is 20.3 Å². The quantitative estimate of drug-likeness (QED) is 0.676. The smallest absolute Gasteiger partial charge is 0.254 e. The fourth-order valence-electron chi connectivity index (χ4n) is 1.57. The highest BCUT2D eigenvalue weighted by Crippen LogP contribution is 2.06. The lowest BCUT2D eigenvalue weighted by Crippen LogP contribution is -2.28. The molecular weight excluding hydrogens is 272 g/mol. The van der Waals surface area contributed by atoms with Gasteiger partial charge in [-0.1, -0.05) is 0 Å². The van der Waals surface area contributed by atoms with Gasteiger partial charge in [-0.2, -0.15) is 0 Å². The first-order valence-corrected chi connectivity index (χ1v) is 6.72. The number of hydrogen-bond acceptors (Lipinski definition) is 5. The summed E-state index contributed by atoms with van der Waals surface area (Å²) >= 11 is 0. The second kappa shape index (κ2) is 8.91. The van der Waals surface area contributed by atoms with Crippen molar-refractivity contribution in [1.29, 1.82) is 0 Å². The second-order valence-corrected chi connectivity index (χ2v) is 4.65. The molecule has 0 saturated heterocycles. The van der Waals surface area contributed by atoms with Crippen LogP contribution in [0.4, 0.5) is 5.82 Å². The normalized spacial score (nSPS) is 10.0. The van der Waals surface area contributed by atoms with E-state index in [2.05, 4.69) is 15.6 Å². The standard InChI is InChI=1S/C14H22N4O3/c1-18(2)14(20)11-4-5-12(17-10-11)15-7-6-13(19)16-8-9-21-3/h4-5,10H,6-9H2,1-3H3,(H,15,17)(H,16,19). The first-order valence-electron chi connectivity index (χ1n) is 6.72. The van der Waals surface area contributed by atoms with Gasteiger partial charge in [0.25, 0.3) is 5.91 Å². The molecule has 0 saturated carbocycles. The highest BCUT2D eigenvalue weighted by atomic mass is 16.5. The summed E-state index contributed by atoms with van der Waals surface area (Å²) in [6.07, 6.45) is 1.87. The van der Waals surface area contributed by atoms with E-state index in [1.807, 2.05) is 0 Å². The maximum atomic E-state index is 11.7. The van der Waals surface area contributed by atoms with Gasteiger partial charge in [0.15, 0.2) is 0 Å². The van der Waals surface area contributed by atoms with E-state index in [4.69, 9.17) is 4.74 Å². The molecule has 0 radical (unpaired) electrons. The number of methoxy groups -OCH3 is 1. The molecule has 0 fully saturated rings. The number of nitrogens with zero attached hydrogens (tertiary/aromatic N) is 2. The summed E-state index contributed by atoms with van der Waals surface area (Å²) in [5.41, 5.74) is 0.530. The summed E-state index contributed by atoms with van der Waals surface area (Å²) < 4.78 is 4.84. The summed E-state index contributed by atoms with van der Waals surface area (Å²) in [5.74, 6) is 0.500. The van der Waals surface area contributed by atoms with Gasteiger partial charge in [-0.25, -0.2) is 4.98 Å². The first kappa shape index (κ1) is 16.9. The molecule has 21 heavy (non-hydrogen) atoms. The van der Waals surface area contributed by atoms with Gasteiger partial charge in [0.1, 0.15) is 5.82 Å². The number of nitrogens with one attached hydrogen (secondary N) is 2. The highest BCUT2D eigenvalue weighted by Gasteiger charge is 2.08. The number of amides is 2. The number of aromatic nitrogens is 1. The van der Waals surface area contributed by atoms with Crippen molar-refractivity contribution in [2.24, 2.45) is 0 Å². The van der Waals surface area contributed by atoms with Crippen LogP contribution in [-0.4, -0.2) is 62.6 Å². The van der Waals surface area contributed by atoms with Crippen LogP contribution in [0.25, 0.3) is 0 Å². The lowest BCUT2D eigenvalue weighted by molar-refractivity contribution is -0.121. The topological polar surface area (TPSA) is 83.6 Å². The van der Waals surface area contributed by atoms with Crippen molar-refractivity contribution in [3.8, 4) is 0 Å². The number of anilines is 1. The maximum absolute atomic E-state index is 11.7. The molecule has 2 amide bonds. The Labute approximate surface area is 124 Å². The maximum Gasteiger partial charge on any atom is 0.254 e. The summed E-state index contributed by atoms with van der Waals surface area (Å²) in [7, 11) is 4.97. The number of rotatable bonds is 8. The van der Waals surface area contributed by atoms with Crippen LogP contribution in [0.1, 0.15) is 16.8 Å². The molecule has 1 aromatic heterocycles. The lowest BCUT2D eigenvalue weighted by atomic mass is 10.2. The lowest BCUT2D eigenvalue weighted by Gasteiger charge is -2.10. The average molecular weight is 294 g/mol. The molecule has 0 spiro atoms. The number of pyridine rings is 1. The Morgan fingerprint density at radius 3 is 2.62 bits per heavy atom. The van der Waals surface area contributed by atoms with Gasteiger partial charge in [0.05, 0.1) is 12.2 Å². The molecule has 1 aromatic rings. The Morgan fingerprint density at radius 2 is 2.05 bits per heavy atom. The molecule has 1 rings (SSSR count). The zero-order valence-corrected chi connectivity index (χ0v) is 12.7. The van der Waals surface area contributed by atoms with Crippen LogP contribution in [0.15, 0.2) is 18.3 Å². The Morgan fingerprint density at radius 1 is 1.29 bits per heavy atom. The Balaban J connectivity index is 2.33. The minimum Gasteiger partial charge on any atom is -0.383 e. The molecule has 7 nitrogen and oxygen atoms in total. The molecule has 0 aliphatic carbocycles. The van der Waals surface area contributed by atoms with Crippen LogP contribution in [0.2, 0.25) is 0 Å². The minimum atomic E-state index is -0.0911. The monoisotopic (exact) mass is 294 g/mol. The SMILES string of the molecule is COCCNC(=O)CCNc1ccc(C(=O)N(C)C)cn1. The summed E-state index contributed by atoms with van der Waals surface area (Å²) in [6.45, 7) is 1.49. The molecule has 0 aliphatic heterocycles. The van der Waals surface area contributed by atoms with E-state index in [0.29, 0.717) is 37.5 Å². The van der Waals surface area contributed by atoms with E-state index in [0.717, 1.165) is 0 Å². The molecule has 116 valence electrons. The van der Waals surface area contributed by atoms with Crippen molar-refractivity contribution in [2.75, 3.05) is 46.2 Å². The van der Waals surface area contributed by atoms with E-state index in [1.165, 1.54) is 11.1 Å². The van der Waals surface area contributed by atoms with E-state index >= 15 is 0 Å². The summed E-state index contributed by atoms with van der Waals surface area (Å²) in [6, 6.07) is 3.43. The van der Waals surface area contributed by atoms with Crippen LogP contribution >= 0.6 is 0 Å². The van der Waals surface area contributed by atoms with Gasteiger partial charge in [-0.3, -0.25) is 9.59 Å². The number of carbonyl (C=O) groups is 2. The molecule has 0 atom stereocenters. The minimum absolute atomic E-state index is 0.0426. The zero-order valence-electron chi connectivity index (χ0n) is 12.7. The van der Waals surface area contributed by atoms with Gasteiger partial charge in [-0.05, 0) is 12.1 Å². The van der Waals surface area contributed by atoms with Gasteiger partial charge in [0, 0.05) is 46.9 Å². The predicted molar refractivity (Wildman–Crippen MR) is 80.2 cm³/mol. The van der Waals surface area contributed by atoms with Crippen molar-refractivity contribution in [1.82, 2.24) is 15.2 Å². The second-order valence-electron chi connectivity index (χ2n) is 4.65. The fraction of sp³-hybridized carbons (Fsp3) is 0.500. The Hall–Kier alpha value is -2.15. The number of ether oxygens (including phenoxy) is 1. The van der Waals surface area contributed by atoms with Crippen LogP contribution in [0.5, 0.6) is 0 Å². The molecule has 0 aliphatic rings. The van der Waals surface area contributed by atoms with Crippen molar-refractivity contribution in [3.05, 3.63) is 23.9 Å². The fourth-order valence-corrected chi connectivity index (χ4v) is 1.57. The van der Waals surface area contributed by atoms with E-state index in [9.17, 15) is 9.59 Å². The molecule has 2 N–H and O–H groups in total. The van der Waals surface area contributed by atoms with Crippen molar-refractivity contribution >= 4 is 17.6 Å². The van der Waals surface area contributed by atoms with Crippen LogP contribution in [-0.2, 0) is 9.53 Å². The molecule has 7 heteroatoms. The summed E-state index contributed by atoms with van der Waals surface area (Å²) in [4.78, 5) is 28.8. The zero-order chi connectivity index (χ0) is 15.7. The third kappa shape index (κ3) is 6.22. The van der Waals surface area contributed by atoms with Crippen molar-refractivity contribution < 1.29 is 14.3 Å². The molecule has 0 unspecified atom stereocenters. The predicted octanol–water partition coefficient (Wildman–Crippen LogP) is 0.348. The average Bonchev–Trinajstić information content (AvgIpc) is 2.47. The van der Waals surface area contributed by atoms with Crippen LogP contribution in [0, 0.1) is 0 Å². The molecule has 0 bridgehead atoms. The van der Waals surface area contributed by atoms with Crippen molar-refractivity contribution in [3.63, 3.8) is 0 Å². The first-order chi connectivity index (χ1) is 10.0. The Bertz CT molecular complexity index is 460.